The van der Waals surface area contributed by atoms with Crippen molar-refractivity contribution in [2.75, 3.05) is 0 Å². The van der Waals surface area contributed by atoms with Crippen LogP contribution in [0, 0.1) is 0 Å². The van der Waals surface area contributed by atoms with E-state index in [4.69, 9.17) is 10.3 Å². The largest absolute Gasteiger partial charge is 0.492 e. The first-order chi connectivity index (χ1) is 3.30. The van der Waals surface area contributed by atoms with E-state index in [1.807, 2.05) is 0 Å². The Morgan fingerprint density at radius 1 is 1.57 bits per heavy atom. The molecule has 0 unspecified atom stereocenters. The van der Waals surface area contributed by atoms with Crippen molar-refractivity contribution in [3.05, 3.63) is 18.3 Å². The molecule has 38 valence electrons. The highest BCUT2D eigenvalue weighted by molar-refractivity contribution is 5.08. The molecule has 0 bridgehead atoms. The fourth-order valence-electron chi connectivity index (χ4n) is 0.363. The molecule has 3 nitrogen and oxygen atoms in total. The predicted molar refractivity (Wildman–Crippen MR) is 23.3 cm³/mol. The van der Waals surface area contributed by atoms with E-state index in [1.54, 1.807) is 0 Å². The number of nitrogens with zero attached hydrogens (tertiary/aromatic N) is 1. The standard InChI is InChI=1S/C4H5NO2/c6-4-2-1-3-5(4)7/h1-3,6-7H. The minimum absolute atomic E-state index is 0.139. The van der Waals surface area contributed by atoms with Crippen molar-refractivity contribution in [3.8, 4) is 5.88 Å². The monoisotopic (exact) mass is 99.0 g/mol. The topological polar surface area (TPSA) is 45.4 Å². The molecule has 1 rings (SSSR count). The van der Waals surface area contributed by atoms with Crippen LogP contribution in [0.5, 0.6) is 5.88 Å². The van der Waals surface area contributed by atoms with E-state index in [1.165, 1.54) is 18.3 Å². The van der Waals surface area contributed by atoms with Crippen molar-refractivity contribution >= 4 is 0 Å². The van der Waals surface area contributed by atoms with Gasteiger partial charge in [-0.25, -0.2) is 0 Å². The lowest BCUT2D eigenvalue weighted by Gasteiger charge is -1.87. The molecule has 2 N–H and O–H groups in total. The second-order valence-corrected chi connectivity index (χ2v) is 1.21. The van der Waals surface area contributed by atoms with Crippen LogP contribution >= 0.6 is 0 Å². The van der Waals surface area contributed by atoms with E-state index < -0.39 is 0 Å². The normalized spacial score (nSPS) is 9.14. The van der Waals surface area contributed by atoms with Crippen LogP contribution in [0.4, 0.5) is 0 Å². The van der Waals surface area contributed by atoms with E-state index >= 15 is 0 Å². The Morgan fingerprint density at radius 2 is 2.29 bits per heavy atom. The minimum Gasteiger partial charge on any atom is -0.492 e. The lowest BCUT2D eigenvalue weighted by Crippen LogP contribution is -1.82. The summed E-state index contributed by atoms with van der Waals surface area (Å²) < 4.78 is 0.639. The average Bonchev–Trinajstić information content (AvgIpc) is 1.91. The van der Waals surface area contributed by atoms with Gasteiger partial charge in [-0.2, -0.15) is 4.73 Å². The Labute approximate surface area is 40.4 Å². The molecule has 0 radical (unpaired) electrons. The van der Waals surface area contributed by atoms with Gasteiger partial charge in [0.05, 0.1) is 0 Å². The number of aromatic hydroxyl groups is 1. The maximum atomic E-state index is 8.47. The fourth-order valence-corrected chi connectivity index (χ4v) is 0.363. The highest BCUT2D eigenvalue weighted by Crippen LogP contribution is 2.03. The molecule has 0 aliphatic rings. The number of hydrogen-bond donors (Lipinski definition) is 2. The third-order valence-corrected chi connectivity index (χ3v) is 0.707. The summed E-state index contributed by atoms with van der Waals surface area (Å²) in [6.07, 6.45) is 1.34. The molecule has 0 aliphatic heterocycles. The van der Waals surface area contributed by atoms with Gasteiger partial charge in [0.2, 0.25) is 5.88 Å². The second-order valence-electron chi connectivity index (χ2n) is 1.21. The van der Waals surface area contributed by atoms with Gasteiger partial charge in [-0.05, 0) is 6.07 Å². The maximum Gasteiger partial charge on any atom is 0.224 e. The fraction of sp³-hybridized carbons (Fsp3) is 0. The van der Waals surface area contributed by atoms with Crippen LogP contribution in [0.15, 0.2) is 18.3 Å². The molecular weight excluding hydrogens is 94.0 g/mol. The number of aromatic nitrogens is 1. The molecule has 3 heteroatoms. The van der Waals surface area contributed by atoms with E-state index in [-0.39, 0.29) is 5.88 Å². The Morgan fingerprint density at radius 3 is 2.43 bits per heavy atom. The molecule has 0 amide bonds. The Bertz CT molecular complexity index is 142. The van der Waals surface area contributed by atoms with Crippen LogP contribution < -0.4 is 0 Å². The molecule has 0 saturated heterocycles. The molecule has 1 aromatic rings. The van der Waals surface area contributed by atoms with E-state index in [0.717, 1.165) is 0 Å². The molecule has 0 aromatic carbocycles. The zero-order valence-electron chi connectivity index (χ0n) is 3.57. The summed E-state index contributed by atoms with van der Waals surface area (Å²) in [6, 6.07) is 2.93. The van der Waals surface area contributed by atoms with Gasteiger partial charge in [0, 0.05) is 12.3 Å². The van der Waals surface area contributed by atoms with Crippen LogP contribution in [-0.4, -0.2) is 15.0 Å². The zero-order valence-corrected chi connectivity index (χ0v) is 3.57. The Hall–Kier alpha value is -1.12. The van der Waals surface area contributed by atoms with Gasteiger partial charge in [-0.1, -0.05) is 0 Å². The summed E-state index contributed by atoms with van der Waals surface area (Å²) in [7, 11) is 0. The first kappa shape index (κ1) is 4.05. The summed E-state index contributed by atoms with van der Waals surface area (Å²) in [5.41, 5.74) is 0. The third kappa shape index (κ3) is 0.513. The predicted octanol–water partition coefficient (Wildman–Crippen LogP) is 0.431. The Kier molecular flexibility index (Phi) is 0.685. The first-order valence-corrected chi connectivity index (χ1v) is 1.86. The minimum atomic E-state index is -0.139. The van der Waals surface area contributed by atoms with Crippen LogP contribution in [0.25, 0.3) is 0 Å². The Balaban J connectivity index is 3.12. The SMILES string of the molecule is Oc1cccn1O. The maximum absolute atomic E-state index is 8.47. The molecular formula is C4H5NO2. The highest BCUT2D eigenvalue weighted by Gasteiger charge is 1.88. The van der Waals surface area contributed by atoms with Crippen molar-refractivity contribution in [1.82, 2.24) is 4.73 Å². The summed E-state index contributed by atoms with van der Waals surface area (Å²) >= 11 is 0. The van der Waals surface area contributed by atoms with Crippen LogP contribution in [0.2, 0.25) is 0 Å². The zero-order chi connectivity index (χ0) is 5.28. The van der Waals surface area contributed by atoms with Gasteiger partial charge in [0.25, 0.3) is 0 Å². The van der Waals surface area contributed by atoms with Crippen molar-refractivity contribution in [1.29, 1.82) is 0 Å². The second kappa shape index (κ2) is 1.18. The van der Waals surface area contributed by atoms with Gasteiger partial charge >= 0.3 is 0 Å². The quantitative estimate of drug-likeness (QED) is 0.463. The molecule has 0 saturated carbocycles. The van der Waals surface area contributed by atoms with Gasteiger partial charge in [0.1, 0.15) is 0 Å². The van der Waals surface area contributed by atoms with E-state index in [9.17, 15) is 0 Å². The van der Waals surface area contributed by atoms with Crippen molar-refractivity contribution in [2.45, 2.75) is 0 Å². The molecule has 1 heterocycles. The molecule has 0 fully saturated rings. The number of rotatable bonds is 0. The van der Waals surface area contributed by atoms with Crippen LogP contribution in [-0.2, 0) is 0 Å². The van der Waals surface area contributed by atoms with Gasteiger partial charge in [0.15, 0.2) is 0 Å². The molecule has 7 heavy (non-hydrogen) atoms. The smallest absolute Gasteiger partial charge is 0.224 e. The summed E-state index contributed by atoms with van der Waals surface area (Å²) in [5, 5.41) is 16.9. The van der Waals surface area contributed by atoms with Crippen molar-refractivity contribution < 1.29 is 10.3 Å². The van der Waals surface area contributed by atoms with Crippen LogP contribution in [0.3, 0.4) is 0 Å². The molecule has 0 atom stereocenters. The van der Waals surface area contributed by atoms with Crippen LogP contribution in [0.1, 0.15) is 0 Å². The van der Waals surface area contributed by atoms with Gasteiger partial charge in [-0.15, -0.1) is 0 Å². The lowest BCUT2D eigenvalue weighted by molar-refractivity contribution is 0.156. The van der Waals surface area contributed by atoms with Gasteiger partial charge < -0.3 is 10.3 Å². The van der Waals surface area contributed by atoms with Gasteiger partial charge in [-0.3, -0.25) is 0 Å². The average molecular weight is 99.1 g/mol. The summed E-state index contributed by atoms with van der Waals surface area (Å²) in [5.74, 6) is -0.139. The first-order valence-electron chi connectivity index (χ1n) is 1.86. The molecule has 0 spiro atoms. The van der Waals surface area contributed by atoms with E-state index in [2.05, 4.69) is 0 Å². The lowest BCUT2D eigenvalue weighted by atomic mass is 10.7. The van der Waals surface area contributed by atoms with Crippen molar-refractivity contribution in [2.24, 2.45) is 0 Å². The van der Waals surface area contributed by atoms with Crippen molar-refractivity contribution in [3.63, 3.8) is 0 Å². The van der Waals surface area contributed by atoms with E-state index in [0.29, 0.717) is 4.73 Å². The molecule has 1 aromatic heterocycles. The number of hydrogen-bond acceptors (Lipinski definition) is 2. The third-order valence-electron chi connectivity index (χ3n) is 0.707. The highest BCUT2D eigenvalue weighted by atomic mass is 16.5. The molecule has 0 aliphatic carbocycles. The summed E-state index contributed by atoms with van der Waals surface area (Å²) in [6.45, 7) is 0. The summed E-state index contributed by atoms with van der Waals surface area (Å²) in [4.78, 5) is 0.